The molecule has 100 valence electrons. The predicted molar refractivity (Wildman–Crippen MR) is 87.1 cm³/mol. The Morgan fingerprint density at radius 3 is 2.58 bits per heavy atom. The second-order valence-electron chi connectivity index (χ2n) is 4.82. The van der Waals surface area contributed by atoms with Gasteiger partial charge in [-0.15, -0.1) is 0 Å². The van der Waals surface area contributed by atoms with Gasteiger partial charge in [0.2, 0.25) is 0 Å². The average Bonchev–Trinajstić information content (AvgIpc) is 2.37. The molecule has 0 bridgehead atoms. The summed E-state index contributed by atoms with van der Waals surface area (Å²) in [6, 6.07) is 14.8. The molecule has 0 saturated carbocycles. The fourth-order valence-corrected chi connectivity index (χ4v) is 2.78. The topological polar surface area (TPSA) is 12.0 Å². The minimum atomic E-state index is 0.345. The Labute approximate surface area is 128 Å². The summed E-state index contributed by atoms with van der Waals surface area (Å²) in [4.78, 5) is 0. The van der Waals surface area contributed by atoms with E-state index in [-0.39, 0.29) is 0 Å². The first kappa shape index (κ1) is 14.4. The minimum Gasteiger partial charge on any atom is -0.381 e. The molecule has 2 rings (SSSR count). The zero-order chi connectivity index (χ0) is 13.8. The van der Waals surface area contributed by atoms with Crippen LogP contribution in [0.1, 0.15) is 18.1 Å². The van der Waals surface area contributed by atoms with Gasteiger partial charge in [0, 0.05) is 15.5 Å². The van der Waals surface area contributed by atoms with Crippen molar-refractivity contribution in [1.82, 2.24) is 0 Å². The molecule has 1 unspecified atom stereocenters. The number of benzene rings is 2. The zero-order valence-corrected chi connectivity index (χ0v) is 13.4. The molecule has 0 amide bonds. The van der Waals surface area contributed by atoms with Gasteiger partial charge in [0.25, 0.3) is 0 Å². The van der Waals surface area contributed by atoms with E-state index in [1.807, 2.05) is 25.1 Å². The maximum atomic E-state index is 6.17. The number of hydrogen-bond donors (Lipinski definition) is 1. The van der Waals surface area contributed by atoms with E-state index in [2.05, 4.69) is 52.4 Å². The molecule has 0 aliphatic rings. The normalized spacial score (nSPS) is 12.2. The van der Waals surface area contributed by atoms with E-state index in [0.717, 1.165) is 27.2 Å². The Morgan fingerprint density at radius 2 is 1.89 bits per heavy atom. The summed E-state index contributed by atoms with van der Waals surface area (Å²) in [6.07, 6.45) is 0.985. The number of aryl methyl sites for hydroxylation is 1. The van der Waals surface area contributed by atoms with Gasteiger partial charge in [-0.2, -0.15) is 0 Å². The van der Waals surface area contributed by atoms with Crippen molar-refractivity contribution >= 4 is 33.2 Å². The maximum Gasteiger partial charge on any atom is 0.0501 e. The van der Waals surface area contributed by atoms with Crippen LogP contribution >= 0.6 is 27.5 Å². The van der Waals surface area contributed by atoms with Crippen molar-refractivity contribution in [3.8, 4) is 0 Å². The first-order chi connectivity index (χ1) is 9.06. The second kappa shape index (κ2) is 6.44. The van der Waals surface area contributed by atoms with Gasteiger partial charge in [0.05, 0.1) is 5.69 Å². The van der Waals surface area contributed by atoms with Gasteiger partial charge >= 0.3 is 0 Å². The first-order valence-electron chi connectivity index (χ1n) is 6.32. The number of hydrogen-bond acceptors (Lipinski definition) is 1. The van der Waals surface area contributed by atoms with E-state index >= 15 is 0 Å². The van der Waals surface area contributed by atoms with Gasteiger partial charge in [-0.3, -0.25) is 0 Å². The van der Waals surface area contributed by atoms with Crippen LogP contribution in [0.5, 0.6) is 0 Å². The molecule has 0 saturated heterocycles. The van der Waals surface area contributed by atoms with Crippen LogP contribution in [0, 0.1) is 6.92 Å². The molecule has 19 heavy (non-hydrogen) atoms. The van der Waals surface area contributed by atoms with Crippen LogP contribution in [0.15, 0.2) is 46.9 Å². The number of halogens is 2. The summed E-state index contributed by atoms with van der Waals surface area (Å²) in [6.45, 7) is 4.18. The van der Waals surface area contributed by atoms with Crippen molar-refractivity contribution in [3.63, 3.8) is 0 Å². The van der Waals surface area contributed by atoms with Crippen LogP contribution in [0.4, 0.5) is 5.69 Å². The number of anilines is 1. The average molecular weight is 339 g/mol. The fourth-order valence-electron chi connectivity index (χ4n) is 2.04. The third-order valence-corrected chi connectivity index (χ3v) is 4.10. The van der Waals surface area contributed by atoms with Crippen molar-refractivity contribution in [2.45, 2.75) is 26.3 Å². The fraction of sp³-hybridized carbons (Fsp3) is 0.250. The summed E-state index contributed by atoms with van der Waals surface area (Å²) in [5.74, 6) is 0. The van der Waals surface area contributed by atoms with Gasteiger partial charge in [-0.1, -0.05) is 41.9 Å². The van der Waals surface area contributed by atoms with Crippen LogP contribution in [0.2, 0.25) is 5.02 Å². The highest BCUT2D eigenvalue weighted by Crippen LogP contribution is 2.29. The van der Waals surface area contributed by atoms with Gasteiger partial charge in [0.15, 0.2) is 0 Å². The standard InChI is InChI=1S/C16H17BrClN/c1-11-8-14(17)16(10-15(11)18)19-12(2)9-13-6-4-3-5-7-13/h3-8,10,12,19H,9H2,1-2H3. The van der Waals surface area contributed by atoms with Gasteiger partial charge in [-0.05, 0) is 59.5 Å². The van der Waals surface area contributed by atoms with Crippen LogP contribution in [0.3, 0.4) is 0 Å². The SMILES string of the molecule is Cc1cc(Br)c(NC(C)Cc2ccccc2)cc1Cl. The molecule has 0 aliphatic carbocycles. The first-order valence-corrected chi connectivity index (χ1v) is 7.49. The van der Waals surface area contributed by atoms with Crippen molar-refractivity contribution in [1.29, 1.82) is 0 Å². The van der Waals surface area contributed by atoms with Gasteiger partial charge in [0.1, 0.15) is 0 Å². The molecule has 2 aromatic carbocycles. The van der Waals surface area contributed by atoms with Crippen LogP contribution in [-0.4, -0.2) is 6.04 Å². The van der Waals surface area contributed by atoms with Gasteiger partial charge in [-0.25, -0.2) is 0 Å². The Morgan fingerprint density at radius 1 is 1.21 bits per heavy atom. The highest BCUT2D eigenvalue weighted by atomic mass is 79.9. The van der Waals surface area contributed by atoms with Crippen LogP contribution in [-0.2, 0) is 6.42 Å². The van der Waals surface area contributed by atoms with E-state index < -0.39 is 0 Å². The van der Waals surface area contributed by atoms with Gasteiger partial charge < -0.3 is 5.32 Å². The Bertz CT molecular complexity index is 554. The molecule has 1 nitrogen and oxygen atoms in total. The minimum absolute atomic E-state index is 0.345. The maximum absolute atomic E-state index is 6.17. The summed E-state index contributed by atoms with van der Waals surface area (Å²) in [5, 5.41) is 4.28. The summed E-state index contributed by atoms with van der Waals surface area (Å²) >= 11 is 9.74. The predicted octanol–water partition coefficient (Wildman–Crippen LogP) is 5.45. The van der Waals surface area contributed by atoms with E-state index in [1.54, 1.807) is 0 Å². The second-order valence-corrected chi connectivity index (χ2v) is 6.08. The Hall–Kier alpha value is -0.990. The number of nitrogens with one attached hydrogen (secondary N) is 1. The quantitative estimate of drug-likeness (QED) is 0.781. The van der Waals surface area contributed by atoms with E-state index in [0.29, 0.717) is 6.04 Å². The monoisotopic (exact) mass is 337 g/mol. The van der Waals surface area contributed by atoms with Crippen LogP contribution < -0.4 is 5.32 Å². The van der Waals surface area contributed by atoms with Crippen molar-refractivity contribution in [2.24, 2.45) is 0 Å². The Balaban J connectivity index is 2.07. The largest absolute Gasteiger partial charge is 0.381 e. The number of rotatable bonds is 4. The molecule has 1 N–H and O–H groups in total. The lowest BCUT2D eigenvalue weighted by molar-refractivity contribution is 0.789. The molecule has 0 fully saturated rings. The van der Waals surface area contributed by atoms with E-state index in [1.165, 1.54) is 5.56 Å². The lowest BCUT2D eigenvalue weighted by atomic mass is 10.1. The van der Waals surface area contributed by atoms with Crippen molar-refractivity contribution in [3.05, 3.63) is 63.1 Å². The third kappa shape index (κ3) is 3.99. The molecule has 0 aliphatic heterocycles. The highest BCUT2D eigenvalue weighted by molar-refractivity contribution is 9.10. The van der Waals surface area contributed by atoms with E-state index in [9.17, 15) is 0 Å². The molecule has 0 spiro atoms. The smallest absolute Gasteiger partial charge is 0.0501 e. The molecule has 2 aromatic rings. The van der Waals surface area contributed by atoms with Crippen LogP contribution in [0.25, 0.3) is 0 Å². The summed E-state index contributed by atoms with van der Waals surface area (Å²) in [7, 11) is 0. The molecule has 0 heterocycles. The molecule has 0 aromatic heterocycles. The molecule has 3 heteroatoms. The van der Waals surface area contributed by atoms with Crippen molar-refractivity contribution in [2.75, 3.05) is 5.32 Å². The lowest BCUT2D eigenvalue weighted by Crippen LogP contribution is -2.18. The highest BCUT2D eigenvalue weighted by Gasteiger charge is 2.08. The third-order valence-electron chi connectivity index (χ3n) is 3.03. The summed E-state index contributed by atoms with van der Waals surface area (Å²) < 4.78 is 1.05. The molecular weight excluding hydrogens is 322 g/mol. The molecular formula is C16H17BrClN. The lowest BCUT2D eigenvalue weighted by Gasteiger charge is -2.17. The molecule has 0 radical (unpaired) electrons. The summed E-state index contributed by atoms with van der Waals surface area (Å²) in [5.41, 5.74) is 3.45. The van der Waals surface area contributed by atoms with Crippen molar-refractivity contribution < 1.29 is 0 Å². The van der Waals surface area contributed by atoms with E-state index in [4.69, 9.17) is 11.6 Å². The zero-order valence-electron chi connectivity index (χ0n) is 11.1. The molecule has 1 atom stereocenters. The Kier molecular flexibility index (Phi) is 4.89.